The average molecular weight is 280 g/mol. The molecular formula is C16H24O4. The Morgan fingerprint density at radius 3 is 2.70 bits per heavy atom. The topological polar surface area (TPSA) is 58.9 Å². The molecule has 1 aromatic rings. The maximum Gasteiger partial charge on any atom is 0.184 e. The Labute approximate surface area is 120 Å². The molecule has 0 aromatic heterocycles. The number of unbranched alkanes of at least 4 members (excludes halogenated alkanes) is 2. The average Bonchev–Trinajstić information content (AvgIpc) is 2.49. The highest BCUT2D eigenvalue weighted by atomic mass is 16.7. The molecule has 1 heterocycles. The molecule has 0 unspecified atom stereocenters. The van der Waals surface area contributed by atoms with Gasteiger partial charge in [-0.25, -0.2) is 0 Å². The first kappa shape index (κ1) is 15.4. The van der Waals surface area contributed by atoms with E-state index < -0.39 is 24.6 Å². The van der Waals surface area contributed by atoms with E-state index in [0.29, 0.717) is 6.42 Å². The summed E-state index contributed by atoms with van der Waals surface area (Å²) in [6.45, 7) is 2.31. The molecule has 0 spiro atoms. The maximum absolute atomic E-state index is 10.2. The van der Waals surface area contributed by atoms with Crippen LogP contribution in [-0.2, 0) is 9.47 Å². The molecule has 4 atom stereocenters. The number of aliphatic hydroxyl groups is 2. The molecule has 4 heteroatoms. The Kier molecular flexibility index (Phi) is 5.98. The highest BCUT2D eigenvalue weighted by Gasteiger charge is 2.35. The van der Waals surface area contributed by atoms with Gasteiger partial charge in [-0.2, -0.15) is 0 Å². The fourth-order valence-corrected chi connectivity index (χ4v) is 2.45. The predicted octanol–water partition coefficient (Wildman–Crippen LogP) is 2.40. The molecule has 0 bridgehead atoms. The Balaban J connectivity index is 1.94. The third-order valence-corrected chi connectivity index (χ3v) is 3.63. The SMILES string of the molecule is CCCCC[C@H](O)[C@H]1O[C@@H](c2ccccc2)OC[C@H]1O. The molecule has 1 aliphatic heterocycles. The van der Waals surface area contributed by atoms with Crippen molar-refractivity contribution >= 4 is 0 Å². The lowest BCUT2D eigenvalue weighted by molar-refractivity contribution is -0.276. The number of benzene rings is 1. The van der Waals surface area contributed by atoms with Crippen molar-refractivity contribution in [3.63, 3.8) is 0 Å². The molecule has 4 nitrogen and oxygen atoms in total. The van der Waals surface area contributed by atoms with E-state index in [1.54, 1.807) is 0 Å². The van der Waals surface area contributed by atoms with Crippen molar-refractivity contribution in [2.45, 2.75) is 57.2 Å². The van der Waals surface area contributed by atoms with Gasteiger partial charge in [0.05, 0.1) is 12.7 Å². The van der Waals surface area contributed by atoms with Crippen LogP contribution in [-0.4, -0.2) is 35.1 Å². The van der Waals surface area contributed by atoms with Gasteiger partial charge in [-0.15, -0.1) is 0 Å². The summed E-state index contributed by atoms with van der Waals surface area (Å²) in [5, 5.41) is 20.1. The Bertz CT molecular complexity index is 381. The molecule has 112 valence electrons. The summed E-state index contributed by atoms with van der Waals surface area (Å²) in [4.78, 5) is 0. The summed E-state index contributed by atoms with van der Waals surface area (Å²) < 4.78 is 11.3. The quantitative estimate of drug-likeness (QED) is 0.786. The van der Waals surface area contributed by atoms with Crippen LogP contribution in [0.1, 0.15) is 44.5 Å². The smallest absolute Gasteiger partial charge is 0.184 e. The summed E-state index contributed by atoms with van der Waals surface area (Å²) in [7, 11) is 0. The van der Waals surface area contributed by atoms with E-state index in [-0.39, 0.29) is 6.61 Å². The van der Waals surface area contributed by atoms with E-state index in [4.69, 9.17) is 9.47 Å². The monoisotopic (exact) mass is 280 g/mol. The molecular weight excluding hydrogens is 256 g/mol. The van der Waals surface area contributed by atoms with E-state index in [1.807, 2.05) is 30.3 Å². The van der Waals surface area contributed by atoms with Gasteiger partial charge in [0.1, 0.15) is 12.2 Å². The first-order chi connectivity index (χ1) is 9.72. The summed E-state index contributed by atoms with van der Waals surface area (Å²) in [6.07, 6.45) is 1.28. The second kappa shape index (κ2) is 7.74. The van der Waals surface area contributed by atoms with E-state index in [9.17, 15) is 10.2 Å². The van der Waals surface area contributed by atoms with Crippen molar-refractivity contribution in [2.24, 2.45) is 0 Å². The lowest BCUT2D eigenvalue weighted by atomic mass is 10.0. The van der Waals surface area contributed by atoms with E-state index in [0.717, 1.165) is 24.8 Å². The van der Waals surface area contributed by atoms with Gasteiger partial charge in [-0.1, -0.05) is 56.5 Å². The van der Waals surface area contributed by atoms with Gasteiger partial charge >= 0.3 is 0 Å². The number of aliphatic hydroxyl groups excluding tert-OH is 2. The van der Waals surface area contributed by atoms with Crippen LogP contribution in [0.25, 0.3) is 0 Å². The molecule has 2 N–H and O–H groups in total. The van der Waals surface area contributed by atoms with Crippen LogP contribution >= 0.6 is 0 Å². The van der Waals surface area contributed by atoms with Gasteiger partial charge in [0.15, 0.2) is 6.29 Å². The second-order valence-corrected chi connectivity index (χ2v) is 5.31. The van der Waals surface area contributed by atoms with Gasteiger partial charge in [-0.05, 0) is 6.42 Å². The Morgan fingerprint density at radius 1 is 1.25 bits per heavy atom. The molecule has 1 aromatic carbocycles. The summed E-state index contributed by atoms with van der Waals surface area (Å²) in [5.74, 6) is 0. The molecule has 0 amide bonds. The van der Waals surface area contributed by atoms with Crippen LogP contribution in [0.5, 0.6) is 0 Å². The van der Waals surface area contributed by atoms with Gasteiger partial charge in [-0.3, -0.25) is 0 Å². The van der Waals surface area contributed by atoms with Crippen molar-refractivity contribution in [2.75, 3.05) is 6.61 Å². The third kappa shape index (κ3) is 4.03. The zero-order valence-corrected chi connectivity index (χ0v) is 11.9. The van der Waals surface area contributed by atoms with E-state index in [2.05, 4.69) is 6.92 Å². The fraction of sp³-hybridized carbons (Fsp3) is 0.625. The first-order valence-corrected chi connectivity index (χ1v) is 7.40. The maximum atomic E-state index is 10.2. The van der Waals surface area contributed by atoms with E-state index >= 15 is 0 Å². The molecule has 1 fully saturated rings. The second-order valence-electron chi connectivity index (χ2n) is 5.31. The Morgan fingerprint density at radius 2 is 2.00 bits per heavy atom. The van der Waals surface area contributed by atoms with Crippen LogP contribution in [0.2, 0.25) is 0 Å². The summed E-state index contributed by atoms with van der Waals surface area (Å²) >= 11 is 0. The van der Waals surface area contributed by atoms with Crippen LogP contribution < -0.4 is 0 Å². The van der Waals surface area contributed by atoms with Crippen LogP contribution in [0, 0.1) is 0 Å². The third-order valence-electron chi connectivity index (χ3n) is 3.63. The Hall–Kier alpha value is -0.940. The van der Waals surface area contributed by atoms with Crippen LogP contribution in [0.15, 0.2) is 30.3 Å². The van der Waals surface area contributed by atoms with Crippen molar-refractivity contribution in [1.29, 1.82) is 0 Å². The number of ether oxygens (including phenoxy) is 2. The van der Waals surface area contributed by atoms with Crippen LogP contribution in [0.4, 0.5) is 0 Å². The lowest BCUT2D eigenvalue weighted by Crippen LogP contribution is -2.47. The van der Waals surface area contributed by atoms with Gasteiger partial charge < -0.3 is 19.7 Å². The molecule has 0 aliphatic carbocycles. The highest BCUT2D eigenvalue weighted by Crippen LogP contribution is 2.28. The largest absolute Gasteiger partial charge is 0.390 e. The molecule has 1 aliphatic rings. The number of hydrogen-bond acceptors (Lipinski definition) is 4. The van der Waals surface area contributed by atoms with Crippen LogP contribution in [0.3, 0.4) is 0 Å². The lowest BCUT2D eigenvalue weighted by Gasteiger charge is -2.36. The van der Waals surface area contributed by atoms with Gasteiger partial charge in [0, 0.05) is 5.56 Å². The van der Waals surface area contributed by atoms with Crippen molar-refractivity contribution in [1.82, 2.24) is 0 Å². The zero-order valence-electron chi connectivity index (χ0n) is 11.9. The minimum atomic E-state index is -0.772. The molecule has 20 heavy (non-hydrogen) atoms. The van der Waals surface area contributed by atoms with Gasteiger partial charge in [0.25, 0.3) is 0 Å². The summed E-state index contributed by atoms with van der Waals surface area (Å²) in [5.41, 5.74) is 0.908. The molecule has 0 radical (unpaired) electrons. The minimum Gasteiger partial charge on any atom is -0.390 e. The standard InChI is InChI=1S/C16H24O4/c1-2-3-5-10-13(17)15-14(18)11-19-16(20-15)12-8-6-4-7-9-12/h4,6-9,13-18H,2-3,5,10-11H2,1H3/t13-,14+,15+,16-/m0/s1. The summed E-state index contributed by atoms with van der Waals surface area (Å²) in [6, 6.07) is 9.60. The fourth-order valence-electron chi connectivity index (χ4n) is 2.45. The minimum absolute atomic E-state index is 0.190. The van der Waals surface area contributed by atoms with Gasteiger partial charge in [0.2, 0.25) is 0 Å². The first-order valence-electron chi connectivity index (χ1n) is 7.40. The molecule has 1 saturated heterocycles. The van der Waals surface area contributed by atoms with E-state index in [1.165, 1.54) is 0 Å². The normalized spacial score (nSPS) is 28.2. The predicted molar refractivity (Wildman–Crippen MR) is 76.2 cm³/mol. The molecule has 2 rings (SSSR count). The van der Waals surface area contributed by atoms with Crippen molar-refractivity contribution in [3.05, 3.63) is 35.9 Å². The van der Waals surface area contributed by atoms with Crippen molar-refractivity contribution < 1.29 is 19.7 Å². The zero-order chi connectivity index (χ0) is 14.4. The number of rotatable bonds is 6. The van der Waals surface area contributed by atoms with Crippen molar-refractivity contribution in [3.8, 4) is 0 Å². The molecule has 0 saturated carbocycles. The highest BCUT2D eigenvalue weighted by molar-refractivity contribution is 5.16. The number of hydrogen-bond donors (Lipinski definition) is 2.